The van der Waals surface area contributed by atoms with Crippen molar-refractivity contribution in [2.75, 3.05) is 0 Å². The molecule has 2 nitrogen and oxygen atoms in total. The second-order valence-electron chi connectivity index (χ2n) is 5.34. The van der Waals surface area contributed by atoms with Crippen molar-refractivity contribution in [3.05, 3.63) is 60.7 Å². The van der Waals surface area contributed by atoms with E-state index in [0.29, 0.717) is 5.92 Å². The van der Waals surface area contributed by atoms with Crippen LogP contribution in [0.4, 0.5) is 0 Å². The van der Waals surface area contributed by atoms with Crippen molar-refractivity contribution < 1.29 is 9.47 Å². The first-order chi connectivity index (χ1) is 10.2. The minimum atomic E-state index is 0.108. The van der Waals surface area contributed by atoms with Crippen LogP contribution in [0.5, 0.6) is 11.5 Å². The van der Waals surface area contributed by atoms with Gasteiger partial charge in [0.15, 0.2) is 0 Å². The molecule has 0 radical (unpaired) electrons. The van der Waals surface area contributed by atoms with E-state index in [0.717, 1.165) is 17.9 Å². The first-order valence-corrected chi connectivity index (χ1v) is 7.64. The summed E-state index contributed by atoms with van der Waals surface area (Å²) in [5.41, 5.74) is 0. The van der Waals surface area contributed by atoms with E-state index in [2.05, 4.69) is 20.8 Å². The van der Waals surface area contributed by atoms with Crippen molar-refractivity contribution in [2.24, 2.45) is 5.92 Å². The predicted molar refractivity (Wildman–Crippen MR) is 86.8 cm³/mol. The quantitative estimate of drug-likeness (QED) is 0.716. The van der Waals surface area contributed by atoms with Crippen LogP contribution < -0.4 is 9.47 Å². The van der Waals surface area contributed by atoms with Gasteiger partial charge < -0.3 is 9.47 Å². The maximum atomic E-state index is 6.05. The fourth-order valence-electron chi connectivity index (χ4n) is 2.65. The van der Waals surface area contributed by atoms with E-state index in [1.807, 2.05) is 60.7 Å². The molecule has 0 aliphatic carbocycles. The Bertz CT molecular complexity index is 462. The van der Waals surface area contributed by atoms with E-state index < -0.39 is 0 Å². The molecule has 2 atom stereocenters. The summed E-state index contributed by atoms with van der Waals surface area (Å²) in [6.45, 7) is 6.42. The number of benzene rings is 2. The van der Waals surface area contributed by atoms with Crippen molar-refractivity contribution in [2.45, 2.75) is 39.4 Å². The minimum absolute atomic E-state index is 0.108. The summed E-state index contributed by atoms with van der Waals surface area (Å²) in [4.78, 5) is 0. The van der Waals surface area contributed by atoms with Gasteiger partial charge in [0.25, 0.3) is 0 Å². The van der Waals surface area contributed by atoms with Gasteiger partial charge in [-0.15, -0.1) is 0 Å². The largest absolute Gasteiger partial charge is 0.490 e. The van der Waals surface area contributed by atoms with Crippen molar-refractivity contribution in [1.82, 2.24) is 0 Å². The number of para-hydroxylation sites is 2. The molecule has 0 aliphatic rings. The maximum absolute atomic E-state index is 6.05. The highest BCUT2D eigenvalue weighted by Gasteiger charge is 2.25. The first kappa shape index (κ1) is 15.4. The van der Waals surface area contributed by atoms with Crippen LogP contribution >= 0.6 is 0 Å². The molecule has 2 aromatic carbocycles. The van der Waals surface area contributed by atoms with Gasteiger partial charge in [0, 0.05) is 5.92 Å². The molecule has 0 spiro atoms. The lowest BCUT2D eigenvalue weighted by atomic mass is 9.94. The van der Waals surface area contributed by atoms with Crippen LogP contribution in [0.3, 0.4) is 0 Å². The molecular formula is C19H24O2. The highest BCUT2D eigenvalue weighted by Crippen LogP contribution is 2.23. The van der Waals surface area contributed by atoms with E-state index in [9.17, 15) is 0 Å². The summed E-state index contributed by atoms with van der Waals surface area (Å²) < 4.78 is 12.1. The molecule has 0 saturated heterocycles. The summed E-state index contributed by atoms with van der Waals surface area (Å²) in [5.74, 6) is 2.16. The number of ether oxygens (including phenoxy) is 2. The Morgan fingerprint density at radius 3 is 1.43 bits per heavy atom. The molecule has 2 heteroatoms. The van der Waals surface area contributed by atoms with Gasteiger partial charge in [-0.05, 0) is 44.5 Å². The zero-order valence-electron chi connectivity index (χ0n) is 13.0. The van der Waals surface area contributed by atoms with Gasteiger partial charge in [0.1, 0.15) is 23.7 Å². The summed E-state index contributed by atoms with van der Waals surface area (Å²) in [6.07, 6.45) is 1.23. The second kappa shape index (κ2) is 7.72. The van der Waals surface area contributed by atoms with Crippen LogP contribution in [-0.4, -0.2) is 12.2 Å². The first-order valence-electron chi connectivity index (χ1n) is 7.64. The minimum Gasteiger partial charge on any atom is -0.490 e. The molecule has 0 saturated carbocycles. The Hall–Kier alpha value is -1.96. The number of hydrogen-bond acceptors (Lipinski definition) is 2. The van der Waals surface area contributed by atoms with Crippen LogP contribution in [0.2, 0.25) is 0 Å². The molecule has 0 fully saturated rings. The van der Waals surface area contributed by atoms with Gasteiger partial charge in [0.05, 0.1) is 0 Å². The molecule has 2 unspecified atom stereocenters. The van der Waals surface area contributed by atoms with Gasteiger partial charge in [-0.1, -0.05) is 43.3 Å². The Morgan fingerprint density at radius 2 is 1.10 bits per heavy atom. The highest BCUT2D eigenvalue weighted by atomic mass is 16.5. The average Bonchev–Trinajstić information content (AvgIpc) is 2.50. The lowest BCUT2D eigenvalue weighted by molar-refractivity contribution is 0.0571. The van der Waals surface area contributed by atoms with Crippen molar-refractivity contribution in [3.8, 4) is 11.5 Å². The van der Waals surface area contributed by atoms with E-state index in [1.54, 1.807) is 0 Å². The number of rotatable bonds is 7. The van der Waals surface area contributed by atoms with Crippen LogP contribution in [0.1, 0.15) is 27.2 Å². The summed E-state index contributed by atoms with van der Waals surface area (Å²) in [5, 5.41) is 0. The summed E-state index contributed by atoms with van der Waals surface area (Å²) in [6, 6.07) is 19.9. The third kappa shape index (κ3) is 4.52. The Morgan fingerprint density at radius 1 is 0.714 bits per heavy atom. The van der Waals surface area contributed by atoms with E-state index in [-0.39, 0.29) is 12.2 Å². The van der Waals surface area contributed by atoms with Gasteiger partial charge in [-0.3, -0.25) is 0 Å². The van der Waals surface area contributed by atoms with Gasteiger partial charge in [0.2, 0.25) is 0 Å². The predicted octanol–water partition coefficient (Wildman–Crippen LogP) is 4.95. The monoisotopic (exact) mass is 284 g/mol. The standard InChI is InChI=1S/C19H24O2/c1-4-19(15(2)20-17-11-7-5-8-12-17)16(3)21-18-13-9-6-10-14-18/h5-16,19H,4H2,1-3H3. The molecule has 2 aromatic rings. The second-order valence-corrected chi connectivity index (χ2v) is 5.34. The van der Waals surface area contributed by atoms with Crippen LogP contribution in [0.25, 0.3) is 0 Å². The molecular weight excluding hydrogens is 260 g/mol. The number of hydrogen-bond donors (Lipinski definition) is 0. The fourth-order valence-corrected chi connectivity index (χ4v) is 2.65. The SMILES string of the molecule is CCC(C(C)Oc1ccccc1)C(C)Oc1ccccc1. The van der Waals surface area contributed by atoms with Crippen LogP contribution in [-0.2, 0) is 0 Å². The van der Waals surface area contributed by atoms with Crippen molar-refractivity contribution >= 4 is 0 Å². The Balaban J connectivity index is 1.97. The molecule has 0 aromatic heterocycles. The smallest absolute Gasteiger partial charge is 0.119 e. The van der Waals surface area contributed by atoms with Crippen molar-refractivity contribution in [3.63, 3.8) is 0 Å². The molecule has 2 rings (SSSR count). The Labute approximate surface area is 127 Å². The molecule has 0 amide bonds. The molecule has 0 aliphatic heterocycles. The summed E-state index contributed by atoms with van der Waals surface area (Å²) >= 11 is 0. The van der Waals surface area contributed by atoms with Crippen molar-refractivity contribution in [1.29, 1.82) is 0 Å². The van der Waals surface area contributed by atoms with E-state index >= 15 is 0 Å². The van der Waals surface area contributed by atoms with E-state index in [4.69, 9.17) is 9.47 Å². The lowest BCUT2D eigenvalue weighted by Gasteiger charge is -2.29. The van der Waals surface area contributed by atoms with Gasteiger partial charge in [-0.25, -0.2) is 0 Å². The van der Waals surface area contributed by atoms with E-state index in [1.165, 1.54) is 0 Å². The topological polar surface area (TPSA) is 18.5 Å². The third-order valence-corrected chi connectivity index (χ3v) is 3.81. The Kier molecular flexibility index (Phi) is 5.68. The zero-order valence-corrected chi connectivity index (χ0v) is 13.0. The normalized spacial score (nSPS) is 15.0. The third-order valence-electron chi connectivity index (χ3n) is 3.81. The molecule has 0 bridgehead atoms. The van der Waals surface area contributed by atoms with Gasteiger partial charge in [-0.2, -0.15) is 0 Å². The highest BCUT2D eigenvalue weighted by molar-refractivity contribution is 5.22. The van der Waals surface area contributed by atoms with Gasteiger partial charge >= 0.3 is 0 Å². The molecule has 21 heavy (non-hydrogen) atoms. The molecule has 112 valence electrons. The fraction of sp³-hybridized carbons (Fsp3) is 0.368. The molecule has 0 N–H and O–H groups in total. The average molecular weight is 284 g/mol. The van der Waals surface area contributed by atoms with Crippen LogP contribution in [0.15, 0.2) is 60.7 Å². The zero-order chi connectivity index (χ0) is 15.1. The summed E-state index contributed by atoms with van der Waals surface area (Å²) in [7, 11) is 0. The lowest BCUT2D eigenvalue weighted by Crippen LogP contribution is -2.35. The van der Waals surface area contributed by atoms with Crippen LogP contribution in [0, 0.1) is 5.92 Å². The molecule has 0 heterocycles. The maximum Gasteiger partial charge on any atom is 0.119 e.